The maximum atomic E-state index is 13.7. The van der Waals surface area contributed by atoms with E-state index in [9.17, 15) is 9.67 Å². The molecule has 1 aliphatic carbocycles. The molecule has 0 aliphatic heterocycles. The molecule has 2 aromatic carbocycles. The van der Waals surface area contributed by atoms with Crippen LogP contribution in [-0.4, -0.2) is 23.5 Å². The number of fused-ring (bicyclic) bond motifs is 1. The molecule has 2 aromatic rings. The van der Waals surface area contributed by atoms with E-state index < -0.39 is 13.0 Å². The van der Waals surface area contributed by atoms with Gasteiger partial charge in [0, 0.05) is 5.30 Å². The van der Waals surface area contributed by atoms with Crippen LogP contribution < -0.4 is 5.30 Å². The Balaban J connectivity index is 2.04. The second kappa shape index (κ2) is 6.76. The summed E-state index contributed by atoms with van der Waals surface area (Å²) in [6, 6.07) is 13.8. The molecule has 0 unspecified atom stereocenters. The highest BCUT2D eigenvalue weighted by Gasteiger charge is 2.40. The van der Waals surface area contributed by atoms with Crippen molar-refractivity contribution in [3.05, 3.63) is 42.5 Å². The molecule has 1 N–H and O–H groups in total. The first-order valence-electron chi connectivity index (χ1n) is 8.51. The lowest BCUT2D eigenvalue weighted by atomic mass is 9.86. The van der Waals surface area contributed by atoms with Crippen LogP contribution in [0.3, 0.4) is 0 Å². The third-order valence-electron chi connectivity index (χ3n) is 4.76. The van der Waals surface area contributed by atoms with Crippen molar-refractivity contribution in [2.24, 2.45) is 0 Å². The fraction of sp³-hybridized carbons (Fsp3) is 0.474. The quantitative estimate of drug-likeness (QED) is 0.822. The van der Waals surface area contributed by atoms with Crippen molar-refractivity contribution in [1.82, 2.24) is 0 Å². The van der Waals surface area contributed by atoms with E-state index in [1.54, 1.807) is 0 Å². The third-order valence-corrected chi connectivity index (χ3v) is 7.56. The van der Waals surface area contributed by atoms with Crippen LogP contribution in [-0.2, 0) is 9.09 Å². The van der Waals surface area contributed by atoms with Gasteiger partial charge in [-0.2, -0.15) is 0 Å². The van der Waals surface area contributed by atoms with Gasteiger partial charge < -0.3 is 9.63 Å². The van der Waals surface area contributed by atoms with E-state index in [1.807, 2.05) is 49.4 Å². The first kappa shape index (κ1) is 16.7. The minimum absolute atomic E-state index is 0.224. The van der Waals surface area contributed by atoms with E-state index in [-0.39, 0.29) is 6.16 Å². The summed E-state index contributed by atoms with van der Waals surface area (Å²) in [5.74, 6) is 0. The Labute approximate surface area is 138 Å². The Kier molecular flexibility index (Phi) is 4.91. The van der Waals surface area contributed by atoms with Gasteiger partial charge in [0.05, 0.1) is 18.4 Å². The van der Waals surface area contributed by atoms with E-state index in [0.29, 0.717) is 6.61 Å². The summed E-state index contributed by atoms with van der Waals surface area (Å²) in [5.41, 5.74) is -0.861. The molecule has 1 atom stereocenters. The fourth-order valence-corrected chi connectivity index (χ4v) is 6.46. The molecule has 0 saturated heterocycles. The third kappa shape index (κ3) is 3.52. The van der Waals surface area contributed by atoms with Gasteiger partial charge in [-0.15, -0.1) is 0 Å². The van der Waals surface area contributed by atoms with Crippen LogP contribution in [0.2, 0.25) is 0 Å². The highest BCUT2D eigenvalue weighted by atomic mass is 31.2. The second-order valence-electron chi connectivity index (χ2n) is 6.53. The van der Waals surface area contributed by atoms with Crippen molar-refractivity contribution in [1.29, 1.82) is 0 Å². The Morgan fingerprint density at radius 2 is 1.78 bits per heavy atom. The van der Waals surface area contributed by atoms with Crippen LogP contribution in [0.1, 0.15) is 39.0 Å². The number of rotatable bonds is 5. The van der Waals surface area contributed by atoms with Gasteiger partial charge in [0.15, 0.2) is 0 Å². The number of hydrogen-bond acceptors (Lipinski definition) is 3. The molecule has 0 aromatic heterocycles. The first-order chi connectivity index (χ1) is 11.1. The summed E-state index contributed by atoms with van der Waals surface area (Å²) >= 11 is 0. The summed E-state index contributed by atoms with van der Waals surface area (Å²) in [6.07, 6.45) is 4.80. The molecule has 23 heavy (non-hydrogen) atoms. The highest BCUT2D eigenvalue weighted by molar-refractivity contribution is 7.67. The molecule has 0 spiro atoms. The average Bonchev–Trinajstić information content (AvgIpc) is 2.54. The van der Waals surface area contributed by atoms with E-state index in [4.69, 9.17) is 4.52 Å². The Morgan fingerprint density at radius 3 is 2.52 bits per heavy atom. The highest BCUT2D eigenvalue weighted by Crippen LogP contribution is 2.52. The monoisotopic (exact) mass is 332 g/mol. The largest absolute Gasteiger partial charge is 0.389 e. The number of benzene rings is 2. The van der Waals surface area contributed by atoms with Crippen molar-refractivity contribution in [3.63, 3.8) is 0 Å². The molecule has 3 rings (SSSR count). The molecule has 4 heteroatoms. The maximum absolute atomic E-state index is 13.7. The van der Waals surface area contributed by atoms with E-state index >= 15 is 0 Å². The van der Waals surface area contributed by atoms with Crippen molar-refractivity contribution >= 4 is 23.4 Å². The Bertz CT molecular complexity index is 714. The standard InChI is InChI=1S/C19H25O3P/c1-2-22-23(21,15-19(20)13-6-3-7-14-19)18-12-8-10-16-9-4-5-11-17(16)18/h4-5,8-12,20H,2-3,6-7,13-15H2,1H3/t23-/m1/s1. The lowest BCUT2D eigenvalue weighted by molar-refractivity contribution is 0.0234. The van der Waals surface area contributed by atoms with E-state index in [0.717, 1.165) is 48.2 Å². The summed E-state index contributed by atoms with van der Waals surface area (Å²) < 4.78 is 19.5. The van der Waals surface area contributed by atoms with Crippen molar-refractivity contribution in [2.45, 2.75) is 44.6 Å². The van der Waals surface area contributed by atoms with Crippen molar-refractivity contribution in [3.8, 4) is 0 Å². The average molecular weight is 332 g/mol. The zero-order valence-corrected chi connectivity index (χ0v) is 14.6. The zero-order valence-electron chi connectivity index (χ0n) is 13.7. The predicted octanol–water partition coefficient (Wildman–Crippen LogP) is 4.47. The summed E-state index contributed by atoms with van der Waals surface area (Å²) in [7, 11) is -3.10. The fourth-order valence-electron chi connectivity index (χ4n) is 3.67. The Hall–Kier alpha value is -1.15. The number of aliphatic hydroxyl groups is 1. The lowest BCUT2D eigenvalue weighted by Crippen LogP contribution is -2.37. The maximum Gasteiger partial charge on any atom is 0.235 e. The molecular formula is C19H25O3P. The molecule has 3 nitrogen and oxygen atoms in total. The molecule has 124 valence electrons. The minimum Gasteiger partial charge on any atom is -0.389 e. The van der Waals surface area contributed by atoms with Crippen LogP contribution in [0.4, 0.5) is 0 Å². The van der Waals surface area contributed by atoms with Gasteiger partial charge in [-0.05, 0) is 36.6 Å². The zero-order chi connectivity index (χ0) is 16.3. The van der Waals surface area contributed by atoms with Crippen LogP contribution in [0.15, 0.2) is 42.5 Å². The van der Waals surface area contributed by atoms with Gasteiger partial charge in [-0.25, -0.2) is 0 Å². The predicted molar refractivity (Wildman–Crippen MR) is 95.7 cm³/mol. The second-order valence-corrected chi connectivity index (χ2v) is 8.94. The molecular weight excluding hydrogens is 307 g/mol. The van der Waals surface area contributed by atoms with Gasteiger partial charge >= 0.3 is 0 Å². The smallest absolute Gasteiger partial charge is 0.235 e. The van der Waals surface area contributed by atoms with E-state index in [1.165, 1.54) is 0 Å². The van der Waals surface area contributed by atoms with Crippen LogP contribution >= 0.6 is 7.37 Å². The van der Waals surface area contributed by atoms with Gasteiger partial charge in [-0.3, -0.25) is 4.57 Å². The van der Waals surface area contributed by atoms with E-state index in [2.05, 4.69) is 0 Å². The van der Waals surface area contributed by atoms with Crippen molar-refractivity contribution in [2.75, 3.05) is 12.8 Å². The number of hydrogen-bond donors (Lipinski definition) is 1. The molecule has 0 radical (unpaired) electrons. The summed E-state index contributed by atoms with van der Waals surface area (Å²) in [5, 5.41) is 13.7. The topological polar surface area (TPSA) is 46.5 Å². The molecule has 1 saturated carbocycles. The van der Waals surface area contributed by atoms with Gasteiger partial charge in [0.25, 0.3) is 0 Å². The van der Waals surface area contributed by atoms with Gasteiger partial charge in [0.1, 0.15) is 0 Å². The van der Waals surface area contributed by atoms with Crippen LogP contribution in [0.5, 0.6) is 0 Å². The molecule has 0 amide bonds. The SMILES string of the molecule is CCO[P@](=O)(CC1(O)CCCCC1)c1cccc2ccccc12. The molecule has 0 bridgehead atoms. The normalized spacial score (nSPS) is 20.3. The first-order valence-corrected chi connectivity index (χ1v) is 10.3. The summed E-state index contributed by atoms with van der Waals surface area (Å²) in [6.45, 7) is 2.25. The van der Waals surface area contributed by atoms with Crippen LogP contribution in [0.25, 0.3) is 10.8 Å². The lowest BCUT2D eigenvalue weighted by Gasteiger charge is -2.35. The van der Waals surface area contributed by atoms with Gasteiger partial charge in [-0.1, -0.05) is 55.7 Å². The van der Waals surface area contributed by atoms with Crippen molar-refractivity contribution < 1.29 is 14.2 Å². The van der Waals surface area contributed by atoms with Gasteiger partial charge in [0.2, 0.25) is 7.37 Å². The Morgan fingerprint density at radius 1 is 1.09 bits per heavy atom. The minimum atomic E-state index is -3.10. The van der Waals surface area contributed by atoms with Crippen LogP contribution in [0, 0.1) is 0 Å². The molecule has 1 fully saturated rings. The molecule has 0 heterocycles. The summed E-state index contributed by atoms with van der Waals surface area (Å²) in [4.78, 5) is 0. The molecule has 1 aliphatic rings.